The number of hydrogen-bond donors (Lipinski definition) is 2. The van der Waals surface area contributed by atoms with Crippen LogP contribution in [0, 0.1) is 0 Å². The van der Waals surface area contributed by atoms with E-state index in [-0.39, 0.29) is 0 Å². The lowest BCUT2D eigenvalue weighted by molar-refractivity contribution is 0.992. The van der Waals surface area contributed by atoms with Crippen molar-refractivity contribution >= 4 is 44.8 Å². The minimum absolute atomic E-state index is 0.378. The average molecular weight is 364 g/mol. The molecule has 0 aromatic heterocycles. The lowest BCUT2D eigenvalue weighted by Crippen LogP contribution is -2.32. The second-order valence-corrected chi connectivity index (χ2v) is 5.83. The van der Waals surface area contributed by atoms with Crippen LogP contribution >= 0.6 is 27.5 Å². The van der Waals surface area contributed by atoms with E-state index in [1.807, 2.05) is 42.5 Å². The third-order valence-corrected chi connectivity index (χ3v) is 3.97. The Bertz CT molecular complexity index is 755. The number of hydrogen-bond acceptors (Lipinski definition) is 4. The number of rotatable bonds is 1. The highest BCUT2D eigenvalue weighted by Crippen LogP contribution is 2.30. The van der Waals surface area contributed by atoms with Crippen molar-refractivity contribution in [3.8, 4) is 0 Å². The smallest absolute Gasteiger partial charge is 0.138 e. The van der Waals surface area contributed by atoms with Gasteiger partial charge in [-0.1, -0.05) is 45.7 Å². The van der Waals surface area contributed by atoms with Gasteiger partial charge in [0, 0.05) is 20.6 Å². The van der Waals surface area contributed by atoms with Gasteiger partial charge in [-0.15, -0.1) is 0 Å². The first-order chi connectivity index (χ1) is 10.2. The van der Waals surface area contributed by atoms with E-state index in [4.69, 9.17) is 17.4 Å². The highest BCUT2D eigenvalue weighted by atomic mass is 79.9. The summed E-state index contributed by atoms with van der Waals surface area (Å²) in [6, 6.07) is 13.5. The molecule has 106 valence electrons. The molecule has 2 aromatic carbocycles. The maximum Gasteiger partial charge on any atom is 0.138 e. The van der Waals surface area contributed by atoms with Gasteiger partial charge in [-0.2, -0.15) is 0 Å². The predicted molar refractivity (Wildman–Crippen MR) is 90.5 cm³/mol. The molecule has 0 amide bonds. The fraction of sp³-hybridized carbons (Fsp3) is 0.0667. The first kappa shape index (κ1) is 14.3. The summed E-state index contributed by atoms with van der Waals surface area (Å²) in [7, 11) is 0. The van der Waals surface area contributed by atoms with E-state index in [9.17, 15) is 0 Å². The summed E-state index contributed by atoms with van der Waals surface area (Å²) >= 11 is 9.81. The number of nitrogens with one attached hydrogen (secondary N) is 1. The second-order valence-electron chi connectivity index (χ2n) is 4.51. The zero-order valence-electron chi connectivity index (χ0n) is 11.0. The van der Waals surface area contributed by atoms with E-state index in [0.29, 0.717) is 17.4 Å². The van der Waals surface area contributed by atoms with Crippen LogP contribution in [0.5, 0.6) is 0 Å². The monoisotopic (exact) mass is 362 g/mol. The van der Waals surface area contributed by atoms with Gasteiger partial charge in [-0.05, 0) is 24.3 Å². The van der Waals surface area contributed by atoms with Gasteiger partial charge in [-0.3, -0.25) is 4.99 Å². The maximum absolute atomic E-state index is 6.32. The van der Waals surface area contributed by atoms with Gasteiger partial charge in [0.1, 0.15) is 5.84 Å². The molecule has 2 aromatic rings. The molecule has 0 radical (unpaired) electrons. The van der Waals surface area contributed by atoms with Crippen molar-refractivity contribution in [3.63, 3.8) is 0 Å². The number of nitrogens with two attached hydrogens (primary N) is 1. The van der Waals surface area contributed by atoms with E-state index in [1.54, 1.807) is 0 Å². The summed E-state index contributed by atoms with van der Waals surface area (Å²) in [6.07, 6.45) is 0. The molecule has 21 heavy (non-hydrogen) atoms. The van der Waals surface area contributed by atoms with E-state index >= 15 is 0 Å². The minimum Gasteiger partial charge on any atom is -0.310 e. The van der Waals surface area contributed by atoms with Crippen LogP contribution in [0.3, 0.4) is 0 Å². The summed E-state index contributed by atoms with van der Waals surface area (Å²) in [4.78, 5) is 9.13. The number of amidine groups is 1. The fourth-order valence-electron chi connectivity index (χ4n) is 2.18. The Morgan fingerprint density at radius 1 is 1.14 bits per heavy atom. The Kier molecular flexibility index (Phi) is 4.05. The van der Waals surface area contributed by atoms with Crippen molar-refractivity contribution in [3.05, 3.63) is 63.1 Å². The molecule has 3 N–H and O–H groups in total. The summed E-state index contributed by atoms with van der Waals surface area (Å²) in [5.41, 5.74) is 6.00. The number of aliphatic imine (C=N–C) groups is 2. The highest BCUT2D eigenvalue weighted by Gasteiger charge is 2.18. The number of fused-ring (bicyclic) bond motifs is 1. The van der Waals surface area contributed by atoms with Crippen LogP contribution in [0.4, 0.5) is 5.69 Å². The van der Waals surface area contributed by atoms with Crippen LogP contribution in [0.15, 0.2) is 56.9 Å². The Balaban J connectivity index is 2.22. The van der Waals surface area contributed by atoms with E-state index < -0.39 is 0 Å². The number of nitrogens with zero attached hydrogens (tertiary/aromatic N) is 2. The number of halogens is 2. The molecule has 0 unspecified atom stereocenters. The summed E-state index contributed by atoms with van der Waals surface area (Å²) in [6.45, 7) is 0.378. The zero-order chi connectivity index (χ0) is 14.8. The standard InChI is InChI=1S/C15H12BrClN4/c16-9-5-6-13-11(7-9)15(19-8-14(20-13)21-18)10-3-1-2-4-12(10)17/h1-7H,8,18H2,(H,20,21). The normalized spacial score (nSPS) is 13.9. The van der Waals surface area contributed by atoms with Crippen molar-refractivity contribution in [2.24, 2.45) is 15.8 Å². The van der Waals surface area contributed by atoms with Crippen LogP contribution in [0.1, 0.15) is 11.1 Å². The molecular formula is C15H12BrClN4. The first-order valence-electron chi connectivity index (χ1n) is 6.32. The zero-order valence-corrected chi connectivity index (χ0v) is 13.3. The number of benzene rings is 2. The molecule has 0 atom stereocenters. The molecule has 1 aliphatic rings. The average Bonchev–Trinajstić information content (AvgIpc) is 2.67. The first-order valence-corrected chi connectivity index (χ1v) is 7.49. The lowest BCUT2D eigenvalue weighted by atomic mass is 10.0. The summed E-state index contributed by atoms with van der Waals surface area (Å²) in [5, 5.41) is 0.659. The van der Waals surface area contributed by atoms with Gasteiger partial charge in [-0.25, -0.2) is 10.8 Å². The molecule has 0 saturated heterocycles. The molecule has 0 aliphatic carbocycles. The lowest BCUT2D eigenvalue weighted by Gasteiger charge is -2.10. The predicted octanol–water partition coefficient (Wildman–Crippen LogP) is 3.45. The van der Waals surface area contributed by atoms with Gasteiger partial charge in [0.25, 0.3) is 0 Å². The molecule has 3 rings (SSSR count). The SMILES string of the molecule is NNC1=Nc2ccc(Br)cc2C(c2ccccc2Cl)=NC1. The fourth-order valence-corrected chi connectivity index (χ4v) is 2.76. The van der Waals surface area contributed by atoms with Crippen LogP contribution in [0.2, 0.25) is 5.02 Å². The Labute approximate surface area is 135 Å². The Morgan fingerprint density at radius 3 is 2.71 bits per heavy atom. The molecule has 0 saturated carbocycles. The van der Waals surface area contributed by atoms with Crippen molar-refractivity contribution in [2.45, 2.75) is 0 Å². The summed E-state index contributed by atoms with van der Waals surface area (Å²) in [5.74, 6) is 6.10. The van der Waals surface area contributed by atoms with E-state index in [2.05, 4.69) is 31.3 Å². The molecule has 1 heterocycles. The van der Waals surface area contributed by atoms with E-state index in [0.717, 1.165) is 27.0 Å². The molecule has 0 fully saturated rings. The Hall–Kier alpha value is -1.69. The quantitative estimate of drug-likeness (QED) is 0.602. The van der Waals surface area contributed by atoms with Crippen LogP contribution < -0.4 is 11.3 Å². The van der Waals surface area contributed by atoms with E-state index in [1.165, 1.54) is 0 Å². The molecule has 6 heteroatoms. The molecule has 1 aliphatic heterocycles. The van der Waals surface area contributed by atoms with Crippen LogP contribution in [-0.2, 0) is 0 Å². The van der Waals surface area contributed by atoms with Crippen molar-refractivity contribution < 1.29 is 0 Å². The van der Waals surface area contributed by atoms with Gasteiger partial charge in [0.05, 0.1) is 17.9 Å². The van der Waals surface area contributed by atoms with Gasteiger partial charge < -0.3 is 5.43 Å². The second kappa shape index (κ2) is 5.97. The molecular weight excluding hydrogens is 352 g/mol. The highest BCUT2D eigenvalue weighted by molar-refractivity contribution is 9.10. The topological polar surface area (TPSA) is 62.8 Å². The molecule has 0 bridgehead atoms. The third-order valence-electron chi connectivity index (χ3n) is 3.15. The van der Waals surface area contributed by atoms with Crippen LogP contribution in [-0.4, -0.2) is 18.1 Å². The van der Waals surface area contributed by atoms with Crippen molar-refractivity contribution in [1.82, 2.24) is 5.43 Å². The third kappa shape index (κ3) is 2.85. The van der Waals surface area contributed by atoms with Crippen molar-refractivity contribution in [1.29, 1.82) is 0 Å². The largest absolute Gasteiger partial charge is 0.310 e. The minimum atomic E-state index is 0.378. The molecule has 4 nitrogen and oxygen atoms in total. The van der Waals surface area contributed by atoms with Gasteiger partial charge >= 0.3 is 0 Å². The van der Waals surface area contributed by atoms with Gasteiger partial charge in [0.2, 0.25) is 0 Å². The molecule has 0 spiro atoms. The Morgan fingerprint density at radius 2 is 1.95 bits per heavy atom. The number of hydrazine groups is 1. The van der Waals surface area contributed by atoms with Gasteiger partial charge in [0.15, 0.2) is 0 Å². The summed E-state index contributed by atoms with van der Waals surface area (Å²) < 4.78 is 0.959. The van der Waals surface area contributed by atoms with Crippen LogP contribution in [0.25, 0.3) is 0 Å². The van der Waals surface area contributed by atoms with Crippen molar-refractivity contribution in [2.75, 3.05) is 6.54 Å². The maximum atomic E-state index is 6.32.